The maximum Gasteiger partial charge on any atom is 0.221 e. The maximum absolute atomic E-state index is 11.1. The molecule has 26 heavy (non-hydrogen) atoms. The van der Waals surface area contributed by atoms with Crippen LogP contribution in [0.4, 0.5) is 5.69 Å². The Bertz CT molecular complexity index is 699. The molecule has 0 fully saturated rings. The number of nitrogens with zero attached hydrogens (tertiary/aromatic N) is 3. The highest BCUT2D eigenvalue weighted by Gasteiger charge is 2.00. The first-order valence-electron chi connectivity index (χ1n) is 8.60. The van der Waals surface area contributed by atoms with E-state index < -0.39 is 0 Å². The van der Waals surface area contributed by atoms with Crippen LogP contribution in [-0.2, 0) is 11.3 Å². The first kappa shape index (κ1) is 19.3. The zero-order chi connectivity index (χ0) is 18.6. The van der Waals surface area contributed by atoms with Crippen molar-refractivity contribution in [2.75, 3.05) is 32.1 Å². The molecule has 0 aliphatic heterocycles. The molecule has 0 saturated carbocycles. The number of aryl methyl sites for hydroxylation is 1. The van der Waals surface area contributed by atoms with Gasteiger partial charge in [0.25, 0.3) is 0 Å². The summed E-state index contributed by atoms with van der Waals surface area (Å²) in [6.45, 7) is 4.25. The first-order chi connectivity index (χ1) is 12.7. The van der Waals surface area contributed by atoms with Crippen molar-refractivity contribution in [3.05, 3.63) is 42.7 Å². The van der Waals surface area contributed by atoms with E-state index in [9.17, 15) is 4.79 Å². The van der Waals surface area contributed by atoms with E-state index >= 15 is 0 Å². The fourth-order valence-electron chi connectivity index (χ4n) is 2.31. The van der Waals surface area contributed by atoms with Gasteiger partial charge >= 0.3 is 0 Å². The minimum absolute atomic E-state index is 0.105. The van der Waals surface area contributed by atoms with E-state index in [4.69, 9.17) is 4.74 Å². The molecule has 140 valence electrons. The Morgan fingerprint density at radius 2 is 2.12 bits per heavy atom. The predicted molar refractivity (Wildman–Crippen MR) is 102 cm³/mol. The van der Waals surface area contributed by atoms with Crippen LogP contribution in [0, 0.1) is 0 Å². The standard InChI is InChI=1S/C18H26N6O2/c1-15(25)23-16-6-3-7-17(14-16)26-13-10-21-18(19-2)20-8-4-11-24-12-5-9-22-24/h3,5-7,9,12,14H,4,8,10-11,13H2,1-2H3,(H,23,25)(H2,19,20,21). The summed E-state index contributed by atoms with van der Waals surface area (Å²) < 4.78 is 7.59. The van der Waals surface area contributed by atoms with Gasteiger partial charge in [0.1, 0.15) is 12.4 Å². The maximum atomic E-state index is 11.1. The van der Waals surface area contributed by atoms with Gasteiger partial charge in [0, 0.05) is 51.2 Å². The fraction of sp³-hybridized carbons (Fsp3) is 0.389. The molecule has 8 nitrogen and oxygen atoms in total. The topological polar surface area (TPSA) is 92.6 Å². The van der Waals surface area contributed by atoms with Crippen molar-refractivity contribution in [3.63, 3.8) is 0 Å². The van der Waals surface area contributed by atoms with Crippen LogP contribution in [0.5, 0.6) is 5.75 Å². The van der Waals surface area contributed by atoms with Gasteiger partial charge in [0.15, 0.2) is 5.96 Å². The zero-order valence-corrected chi connectivity index (χ0v) is 15.2. The fourth-order valence-corrected chi connectivity index (χ4v) is 2.31. The molecular formula is C18H26N6O2. The summed E-state index contributed by atoms with van der Waals surface area (Å²) >= 11 is 0. The van der Waals surface area contributed by atoms with Crippen molar-refractivity contribution in [2.24, 2.45) is 4.99 Å². The van der Waals surface area contributed by atoms with E-state index in [2.05, 4.69) is 26.0 Å². The molecule has 2 rings (SSSR count). The lowest BCUT2D eigenvalue weighted by molar-refractivity contribution is -0.114. The Balaban J connectivity index is 1.62. The van der Waals surface area contributed by atoms with Gasteiger partial charge in [-0.3, -0.25) is 14.5 Å². The van der Waals surface area contributed by atoms with Crippen LogP contribution in [-0.4, -0.2) is 48.4 Å². The second-order valence-electron chi connectivity index (χ2n) is 5.61. The molecule has 8 heteroatoms. The number of anilines is 1. The molecule has 0 aliphatic rings. The number of aromatic nitrogens is 2. The van der Waals surface area contributed by atoms with Crippen LogP contribution in [0.1, 0.15) is 13.3 Å². The van der Waals surface area contributed by atoms with Gasteiger partial charge in [-0.1, -0.05) is 6.07 Å². The summed E-state index contributed by atoms with van der Waals surface area (Å²) in [5.41, 5.74) is 0.720. The van der Waals surface area contributed by atoms with Crippen molar-refractivity contribution >= 4 is 17.6 Å². The van der Waals surface area contributed by atoms with Gasteiger partial charge in [0.2, 0.25) is 5.91 Å². The van der Waals surface area contributed by atoms with Crippen LogP contribution >= 0.6 is 0 Å². The third-order valence-corrected chi connectivity index (χ3v) is 3.46. The minimum Gasteiger partial charge on any atom is -0.492 e. The first-order valence-corrected chi connectivity index (χ1v) is 8.60. The predicted octanol–water partition coefficient (Wildman–Crippen LogP) is 1.48. The summed E-state index contributed by atoms with van der Waals surface area (Å²) in [7, 11) is 1.74. The van der Waals surface area contributed by atoms with E-state index in [-0.39, 0.29) is 5.91 Å². The molecule has 1 heterocycles. The van der Waals surface area contributed by atoms with Crippen molar-refractivity contribution < 1.29 is 9.53 Å². The number of hydrogen-bond donors (Lipinski definition) is 3. The smallest absolute Gasteiger partial charge is 0.221 e. The summed E-state index contributed by atoms with van der Waals surface area (Å²) in [6.07, 6.45) is 4.68. The van der Waals surface area contributed by atoms with Gasteiger partial charge in [-0.25, -0.2) is 0 Å². The van der Waals surface area contributed by atoms with E-state index in [0.717, 1.165) is 31.2 Å². The molecule has 1 amide bonds. The molecule has 0 saturated heterocycles. The van der Waals surface area contributed by atoms with Crippen molar-refractivity contribution in [3.8, 4) is 5.75 Å². The number of hydrogen-bond acceptors (Lipinski definition) is 4. The van der Waals surface area contributed by atoms with Gasteiger partial charge in [-0.05, 0) is 24.6 Å². The number of rotatable bonds is 9. The number of carbonyl (C=O) groups excluding carboxylic acids is 1. The second kappa shape index (κ2) is 10.8. The summed E-state index contributed by atoms with van der Waals surface area (Å²) in [5, 5.41) is 13.4. The quantitative estimate of drug-likeness (QED) is 0.359. The highest BCUT2D eigenvalue weighted by atomic mass is 16.5. The monoisotopic (exact) mass is 358 g/mol. The SMILES string of the molecule is CN=C(NCCCn1cccn1)NCCOc1cccc(NC(C)=O)c1. The largest absolute Gasteiger partial charge is 0.492 e. The lowest BCUT2D eigenvalue weighted by Crippen LogP contribution is -2.39. The minimum atomic E-state index is -0.105. The average Bonchev–Trinajstić information content (AvgIpc) is 3.13. The normalized spacial score (nSPS) is 11.1. The average molecular weight is 358 g/mol. The van der Waals surface area contributed by atoms with Crippen molar-refractivity contribution in [1.82, 2.24) is 20.4 Å². The number of benzene rings is 1. The van der Waals surface area contributed by atoms with Crippen molar-refractivity contribution in [1.29, 1.82) is 0 Å². The van der Waals surface area contributed by atoms with E-state index in [1.54, 1.807) is 19.3 Å². The number of carbonyl (C=O) groups is 1. The molecule has 2 aromatic rings. The van der Waals surface area contributed by atoms with Gasteiger partial charge in [0.05, 0.1) is 6.54 Å². The third-order valence-electron chi connectivity index (χ3n) is 3.46. The lowest BCUT2D eigenvalue weighted by Gasteiger charge is -2.13. The van der Waals surface area contributed by atoms with Gasteiger partial charge in [-0.2, -0.15) is 5.10 Å². The van der Waals surface area contributed by atoms with E-state index in [1.165, 1.54) is 6.92 Å². The Morgan fingerprint density at radius 1 is 1.27 bits per heavy atom. The summed E-state index contributed by atoms with van der Waals surface area (Å²) in [6, 6.07) is 9.23. The molecule has 0 aliphatic carbocycles. The van der Waals surface area contributed by atoms with Crippen LogP contribution in [0.3, 0.4) is 0 Å². The number of guanidine groups is 1. The molecule has 0 radical (unpaired) electrons. The van der Waals surface area contributed by atoms with Gasteiger partial charge in [-0.15, -0.1) is 0 Å². The van der Waals surface area contributed by atoms with Gasteiger partial charge < -0.3 is 20.7 Å². The van der Waals surface area contributed by atoms with Crippen LogP contribution < -0.4 is 20.7 Å². The highest BCUT2D eigenvalue weighted by Crippen LogP contribution is 2.16. The van der Waals surface area contributed by atoms with Crippen LogP contribution in [0.2, 0.25) is 0 Å². The summed E-state index contributed by atoms with van der Waals surface area (Å²) in [4.78, 5) is 15.3. The van der Waals surface area contributed by atoms with Crippen LogP contribution in [0.15, 0.2) is 47.7 Å². The molecule has 0 bridgehead atoms. The molecule has 0 spiro atoms. The van der Waals surface area contributed by atoms with E-state index in [1.807, 2.05) is 35.1 Å². The second-order valence-corrected chi connectivity index (χ2v) is 5.61. The number of amides is 1. The van der Waals surface area contributed by atoms with Crippen LogP contribution in [0.25, 0.3) is 0 Å². The zero-order valence-electron chi connectivity index (χ0n) is 15.2. The molecule has 0 atom stereocenters. The number of nitrogens with one attached hydrogen (secondary N) is 3. The Kier molecular flexibility index (Phi) is 7.98. The Labute approximate surface area is 153 Å². The Hall–Kier alpha value is -3.03. The molecule has 3 N–H and O–H groups in total. The highest BCUT2D eigenvalue weighted by molar-refractivity contribution is 5.88. The summed E-state index contributed by atoms with van der Waals surface area (Å²) in [5.74, 6) is 1.34. The molecule has 1 aromatic carbocycles. The van der Waals surface area contributed by atoms with Crippen molar-refractivity contribution in [2.45, 2.75) is 19.9 Å². The number of ether oxygens (including phenoxy) is 1. The molecule has 1 aromatic heterocycles. The Morgan fingerprint density at radius 3 is 2.85 bits per heavy atom. The van der Waals surface area contributed by atoms with E-state index in [0.29, 0.717) is 18.9 Å². The molecular weight excluding hydrogens is 332 g/mol. The third kappa shape index (κ3) is 7.25. The number of aliphatic imine (C=N–C) groups is 1. The lowest BCUT2D eigenvalue weighted by atomic mass is 10.3. The molecule has 0 unspecified atom stereocenters.